The Labute approximate surface area is 134 Å². The van der Waals surface area contributed by atoms with Crippen LogP contribution < -0.4 is 9.47 Å². The first kappa shape index (κ1) is 16.4. The Morgan fingerprint density at radius 1 is 1.00 bits per heavy atom. The van der Waals surface area contributed by atoms with Gasteiger partial charge in [0.05, 0.1) is 26.9 Å². The molecule has 0 aliphatic heterocycles. The van der Waals surface area contributed by atoms with Gasteiger partial charge >= 0.3 is 5.97 Å². The first-order chi connectivity index (χ1) is 11.1. The van der Waals surface area contributed by atoms with Crippen LogP contribution in [0.1, 0.15) is 11.1 Å². The lowest BCUT2D eigenvalue weighted by molar-refractivity contribution is -0.133. The van der Waals surface area contributed by atoms with Crippen LogP contribution in [0.25, 0.3) is 11.6 Å². The SMILES string of the molecule is COC(=O)/C(=C/c1cc(OC)cc(OC)c1)c1cccc(O)c1. The molecular formula is C18H18O5. The van der Waals surface area contributed by atoms with Gasteiger partial charge in [-0.3, -0.25) is 0 Å². The summed E-state index contributed by atoms with van der Waals surface area (Å²) in [6.45, 7) is 0. The summed E-state index contributed by atoms with van der Waals surface area (Å²) < 4.78 is 15.3. The number of aromatic hydroxyl groups is 1. The highest BCUT2D eigenvalue weighted by atomic mass is 16.5. The maximum Gasteiger partial charge on any atom is 0.338 e. The van der Waals surface area contributed by atoms with Crippen molar-refractivity contribution in [3.63, 3.8) is 0 Å². The molecule has 0 fully saturated rings. The van der Waals surface area contributed by atoms with E-state index in [0.29, 0.717) is 28.2 Å². The number of ether oxygens (including phenoxy) is 3. The molecule has 2 aromatic carbocycles. The molecule has 0 bridgehead atoms. The topological polar surface area (TPSA) is 65.0 Å². The third-order valence-corrected chi connectivity index (χ3v) is 3.25. The van der Waals surface area contributed by atoms with Crippen LogP contribution >= 0.6 is 0 Å². The van der Waals surface area contributed by atoms with Crippen LogP contribution in [0.15, 0.2) is 42.5 Å². The molecule has 5 heteroatoms. The molecule has 0 unspecified atom stereocenters. The molecule has 2 rings (SSSR count). The van der Waals surface area contributed by atoms with E-state index < -0.39 is 5.97 Å². The van der Waals surface area contributed by atoms with Gasteiger partial charge in [0, 0.05) is 6.07 Å². The van der Waals surface area contributed by atoms with Gasteiger partial charge in [0.1, 0.15) is 17.2 Å². The summed E-state index contributed by atoms with van der Waals surface area (Å²) in [6, 6.07) is 11.7. The Bertz CT molecular complexity index is 712. The summed E-state index contributed by atoms with van der Waals surface area (Å²) in [7, 11) is 4.42. The Balaban J connectivity index is 2.55. The fourth-order valence-electron chi connectivity index (χ4n) is 2.12. The number of carbonyl (C=O) groups is 1. The van der Waals surface area contributed by atoms with Crippen molar-refractivity contribution in [3.05, 3.63) is 53.6 Å². The molecular weight excluding hydrogens is 296 g/mol. The lowest BCUT2D eigenvalue weighted by Gasteiger charge is -2.09. The van der Waals surface area contributed by atoms with Crippen molar-refractivity contribution in [2.24, 2.45) is 0 Å². The fraction of sp³-hybridized carbons (Fsp3) is 0.167. The minimum Gasteiger partial charge on any atom is -0.508 e. The Hall–Kier alpha value is -2.95. The molecule has 0 spiro atoms. The van der Waals surface area contributed by atoms with Crippen molar-refractivity contribution in [1.82, 2.24) is 0 Å². The molecule has 0 saturated carbocycles. The lowest BCUT2D eigenvalue weighted by Crippen LogP contribution is -2.04. The lowest BCUT2D eigenvalue weighted by atomic mass is 10.0. The molecule has 0 aromatic heterocycles. The highest BCUT2D eigenvalue weighted by Crippen LogP contribution is 2.27. The zero-order valence-corrected chi connectivity index (χ0v) is 13.2. The second-order valence-electron chi connectivity index (χ2n) is 4.75. The summed E-state index contributed by atoms with van der Waals surface area (Å²) in [5.41, 5.74) is 1.59. The molecule has 0 saturated heterocycles. The summed E-state index contributed by atoms with van der Waals surface area (Å²) in [6.07, 6.45) is 1.66. The molecule has 2 aromatic rings. The number of esters is 1. The van der Waals surface area contributed by atoms with Crippen molar-refractivity contribution in [2.45, 2.75) is 0 Å². The van der Waals surface area contributed by atoms with E-state index >= 15 is 0 Å². The van der Waals surface area contributed by atoms with E-state index in [0.717, 1.165) is 0 Å². The van der Waals surface area contributed by atoms with Crippen LogP contribution in [-0.4, -0.2) is 32.4 Å². The van der Waals surface area contributed by atoms with E-state index in [9.17, 15) is 9.90 Å². The number of methoxy groups -OCH3 is 3. The maximum absolute atomic E-state index is 12.1. The van der Waals surface area contributed by atoms with Crippen LogP contribution in [0.3, 0.4) is 0 Å². The summed E-state index contributed by atoms with van der Waals surface area (Å²) >= 11 is 0. The van der Waals surface area contributed by atoms with Crippen molar-refractivity contribution in [3.8, 4) is 17.2 Å². The average Bonchev–Trinajstić information content (AvgIpc) is 2.58. The molecule has 120 valence electrons. The average molecular weight is 314 g/mol. The van der Waals surface area contributed by atoms with Gasteiger partial charge in [-0.2, -0.15) is 0 Å². The van der Waals surface area contributed by atoms with Crippen molar-refractivity contribution >= 4 is 17.6 Å². The number of benzene rings is 2. The number of rotatable bonds is 5. The van der Waals surface area contributed by atoms with E-state index in [4.69, 9.17) is 14.2 Å². The minimum atomic E-state index is -0.502. The highest BCUT2D eigenvalue weighted by Gasteiger charge is 2.14. The third kappa shape index (κ3) is 4.03. The first-order valence-corrected chi connectivity index (χ1v) is 6.90. The number of hydrogen-bond donors (Lipinski definition) is 1. The standard InChI is InChI=1S/C18H18O5/c1-21-15-7-12(8-16(11-15)22-2)9-17(18(20)23-3)13-5-4-6-14(19)10-13/h4-11,19H,1-3H3/b17-9+. The van der Waals surface area contributed by atoms with Crippen LogP contribution in [-0.2, 0) is 9.53 Å². The number of phenols is 1. The van der Waals surface area contributed by atoms with Crippen molar-refractivity contribution in [1.29, 1.82) is 0 Å². The maximum atomic E-state index is 12.1. The number of phenolic OH excluding ortho intramolecular Hbond substituents is 1. The predicted molar refractivity (Wildman–Crippen MR) is 87.5 cm³/mol. The van der Waals surface area contributed by atoms with E-state index in [1.165, 1.54) is 19.2 Å². The molecule has 1 N–H and O–H groups in total. The van der Waals surface area contributed by atoms with E-state index in [-0.39, 0.29) is 5.75 Å². The largest absolute Gasteiger partial charge is 0.508 e. The van der Waals surface area contributed by atoms with Crippen LogP contribution in [0.4, 0.5) is 0 Å². The van der Waals surface area contributed by atoms with Crippen molar-refractivity contribution in [2.75, 3.05) is 21.3 Å². The van der Waals surface area contributed by atoms with Crippen LogP contribution in [0.5, 0.6) is 17.2 Å². The molecule has 0 aliphatic rings. The predicted octanol–water partition coefficient (Wildman–Crippen LogP) is 3.12. The summed E-state index contributed by atoms with van der Waals surface area (Å²) in [5, 5.41) is 9.63. The number of carbonyl (C=O) groups excluding carboxylic acids is 1. The van der Waals surface area contributed by atoms with Crippen LogP contribution in [0.2, 0.25) is 0 Å². The van der Waals surface area contributed by atoms with Gasteiger partial charge in [0.2, 0.25) is 0 Å². The van der Waals surface area contributed by atoms with Gasteiger partial charge in [-0.05, 0) is 41.5 Å². The Morgan fingerprint density at radius 2 is 1.65 bits per heavy atom. The molecule has 0 aliphatic carbocycles. The number of hydrogen-bond acceptors (Lipinski definition) is 5. The third-order valence-electron chi connectivity index (χ3n) is 3.25. The zero-order valence-electron chi connectivity index (χ0n) is 13.2. The van der Waals surface area contributed by atoms with E-state index in [1.54, 1.807) is 50.6 Å². The van der Waals surface area contributed by atoms with Gasteiger partial charge in [-0.1, -0.05) is 12.1 Å². The second-order valence-corrected chi connectivity index (χ2v) is 4.75. The van der Waals surface area contributed by atoms with Gasteiger partial charge in [0.15, 0.2) is 0 Å². The summed E-state index contributed by atoms with van der Waals surface area (Å²) in [4.78, 5) is 12.1. The Morgan fingerprint density at radius 3 is 2.17 bits per heavy atom. The van der Waals surface area contributed by atoms with Gasteiger partial charge in [-0.15, -0.1) is 0 Å². The van der Waals surface area contributed by atoms with Gasteiger partial charge < -0.3 is 19.3 Å². The van der Waals surface area contributed by atoms with Gasteiger partial charge in [0.25, 0.3) is 0 Å². The molecule has 0 radical (unpaired) electrons. The van der Waals surface area contributed by atoms with E-state index in [2.05, 4.69) is 0 Å². The zero-order chi connectivity index (χ0) is 16.8. The van der Waals surface area contributed by atoms with Crippen molar-refractivity contribution < 1.29 is 24.1 Å². The minimum absolute atomic E-state index is 0.0699. The first-order valence-electron chi connectivity index (χ1n) is 6.90. The monoisotopic (exact) mass is 314 g/mol. The van der Waals surface area contributed by atoms with Gasteiger partial charge in [-0.25, -0.2) is 4.79 Å². The summed E-state index contributed by atoms with van der Waals surface area (Å²) in [5.74, 6) is 0.782. The Kier molecular flexibility index (Phi) is 5.25. The molecule has 23 heavy (non-hydrogen) atoms. The van der Waals surface area contributed by atoms with E-state index in [1.807, 2.05) is 0 Å². The fourth-order valence-corrected chi connectivity index (χ4v) is 2.12. The molecule has 5 nitrogen and oxygen atoms in total. The normalized spacial score (nSPS) is 11.0. The highest BCUT2D eigenvalue weighted by molar-refractivity contribution is 6.21. The quantitative estimate of drug-likeness (QED) is 0.522. The second kappa shape index (κ2) is 7.35. The molecule has 0 atom stereocenters. The smallest absolute Gasteiger partial charge is 0.338 e. The van der Waals surface area contributed by atoms with Crippen LogP contribution in [0, 0.1) is 0 Å². The molecule has 0 heterocycles. The molecule has 0 amide bonds.